The lowest BCUT2D eigenvalue weighted by Crippen LogP contribution is -2.12. The van der Waals surface area contributed by atoms with Crippen molar-refractivity contribution in [1.82, 2.24) is 0 Å². The van der Waals surface area contributed by atoms with Gasteiger partial charge in [0.05, 0.1) is 5.70 Å². The van der Waals surface area contributed by atoms with Gasteiger partial charge >= 0.3 is 0 Å². The molecule has 1 aromatic rings. The summed E-state index contributed by atoms with van der Waals surface area (Å²) >= 11 is 0. The van der Waals surface area contributed by atoms with Gasteiger partial charge in [-0.05, 0) is 37.8 Å². The summed E-state index contributed by atoms with van der Waals surface area (Å²) in [6.45, 7) is 5.48. The predicted molar refractivity (Wildman–Crippen MR) is 67.3 cm³/mol. The van der Waals surface area contributed by atoms with Crippen LogP contribution in [-0.2, 0) is 4.79 Å². The number of Topliss-reactive ketones (excluding diaryl/α,β-unsaturated/α-hetero) is 1. The molecule has 1 aliphatic rings. The van der Waals surface area contributed by atoms with Gasteiger partial charge in [-0.2, -0.15) is 0 Å². The summed E-state index contributed by atoms with van der Waals surface area (Å²) in [6, 6.07) is 3.84. The van der Waals surface area contributed by atoms with E-state index in [4.69, 9.17) is 10.2 Å². The molecule has 0 saturated heterocycles. The van der Waals surface area contributed by atoms with Gasteiger partial charge in [-0.3, -0.25) is 4.79 Å². The van der Waals surface area contributed by atoms with Gasteiger partial charge in [0.15, 0.2) is 5.78 Å². The van der Waals surface area contributed by atoms with E-state index in [0.29, 0.717) is 22.9 Å². The number of rotatable bonds is 4. The fourth-order valence-corrected chi connectivity index (χ4v) is 2.12. The molecule has 2 rings (SSSR count). The maximum Gasteiger partial charge on any atom is 0.158 e. The Balaban J connectivity index is 2.35. The first-order chi connectivity index (χ1) is 8.00. The summed E-state index contributed by atoms with van der Waals surface area (Å²) in [5.41, 5.74) is 7.18. The number of nitrogens with two attached hydrogens (primary N) is 1. The molecule has 2 N–H and O–H groups in total. The van der Waals surface area contributed by atoms with Crippen LogP contribution >= 0.6 is 0 Å². The van der Waals surface area contributed by atoms with Gasteiger partial charge in [0.1, 0.15) is 11.5 Å². The molecule has 3 heteroatoms. The molecule has 3 nitrogen and oxygen atoms in total. The third-order valence-electron chi connectivity index (χ3n) is 3.12. The van der Waals surface area contributed by atoms with Crippen molar-refractivity contribution >= 4 is 11.5 Å². The molecule has 1 fully saturated rings. The van der Waals surface area contributed by atoms with Crippen LogP contribution in [-0.4, -0.2) is 5.78 Å². The smallest absolute Gasteiger partial charge is 0.158 e. The first-order valence-electron chi connectivity index (χ1n) is 6.11. The van der Waals surface area contributed by atoms with Gasteiger partial charge in [-0.15, -0.1) is 0 Å². The molecule has 1 saturated carbocycles. The summed E-state index contributed by atoms with van der Waals surface area (Å²) in [7, 11) is 0. The largest absolute Gasteiger partial charge is 0.459 e. The van der Waals surface area contributed by atoms with Crippen molar-refractivity contribution in [3.63, 3.8) is 0 Å². The molecular weight excluding hydrogens is 214 g/mol. The van der Waals surface area contributed by atoms with E-state index in [9.17, 15) is 4.79 Å². The van der Waals surface area contributed by atoms with E-state index in [-0.39, 0.29) is 11.7 Å². The minimum absolute atomic E-state index is 0.0156. The number of carbonyl (C=O) groups excluding carboxylic acids is 1. The zero-order valence-corrected chi connectivity index (χ0v) is 10.6. The average Bonchev–Trinajstić information content (AvgIpc) is 2.95. The Hall–Kier alpha value is -1.51. The minimum atomic E-state index is 0.0156. The van der Waals surface area contributed by atoms with Gasteiger partial charge < -0.3 is 10.2 Å². The van der Waals surface area contributed by atoms with Crippen molar-refractivity contribution < 1.29 is 9.21 Å². The fraction of sp³-hybridized carbons (Fsp3) is 0.500. The van der Waals surface area contributed by atoms with Crippen LogP contribution in [0, 0.1) is 5.92 Å². The van der Waals surface area contributed by atoms with Crippen molar-refractivity contribution in [1.29, 1.82) is 0 Å². The molecule has 1 aliphatic carbocycles. The summed E-state index contributed by atoms with van der Waals surface area (Å²) < 4.78 is 5.72. The highest BCUT2D eigenvalue weighted by molar-refractivity contribution is 6.00. The number of allylic oxidation sites excluding steroid dienone is 1. The zero-order chi connectivity index (χ0) is 12.6. The molecule has 0 aliphatic heterocycles. The van der Waals surface area contributed by atoms with Crippen molar-refractivity contribution in [3.05, 3.63) is 29.2 Å². The van der Waals surface area contributed by atoms with E-state index < -0.39 is 0 Å². The topological polar surface area (TPSA) is 56.2 Å². The van der Waals surface area contributed by atoms with Crippen molar-refractivity contribution in [2.45, 2.75) is 39.5 Å². The second-order valence-electron chi connectivity index (χ2n) is 5.01. The number of furan rings is 1. The molecule has 1 aromatic heterocycles. The van der Waals surface area contributed by atoms with Crippen molar-refractivity contribution in [2.24, 2.45) is 11.7 Å². The second kappa shape index (κ2) is 4.40. The van der Waals surface area contributed by atoms with Crippen LogP contribution in [0.4, 0.5) is 0 Å². The van der Waals surface area contributed by atoms with Gasteiger partial charge in [0.2, 0.25) is 0 Å². The summed E-state index contributed by atoms with van der Waals surface area (Å²) in [6.07, 6.45) is 2.39. The van der Waals surface area contributed by atoms with Crippen LogP contribution in [0.5, 0.6) is 0 Å². The monoisotopic (exact) mass is 233 g/mol. The lowest BCUT2D eigenvalue weighted by atomic mass is 9.97. The lowest BCUT2D eigenvalue weighted by molar-refractivity contribution is -0.114. The molecule has 92 valence electrons. The maximum atomic E-state index is 11.6. The normalized spacial score (nSPS) is 17.2. The van der Waals surface area contributed by atoms with Gasteiger partial charge in [-0.25, -0.2) is 0 Å². The zero-order valence-electron chi connectivity index (χ0n) is 10.6. The third-order valence-corrected chi connectivity index (χ3v) is 3.12. The average molecular weight is 233 g/mol. The van der Waals surface area contributed by atoms with Crippen molar-refractivity contribution in [3.8, 4) is 0 Å². The highest BCUT2D eigenvalue weighted by atomic mass is 16.3. The molecule has 0 unspecified atom stereocenters. The van der Waals surface area contributed by atoms with E-state index >= 15 is 0 Å². The standard InChI is InChI=1S/C14H19NO2/c1-8(2)13(9(3)16)14(15)12-7-6-11(17-12)10-4-5-10/h6-8,10H,4-5,15H2,1-3H3/b14-13-. The van der Waals surface area contributed by atoms with E-state index in [1.807, 2.05) is 26.0 Å². The Labute approximate surface area is 102 Å². The molecular formula is C14H19NO2. The van der Waals surface area contributed by atoms with E-state index in [1.54, 1.807) is 6.92 Å². The van der Waals surface area contributed by atoms with Gasteiger partial charge in [0.25, 0.3) is 0 Å². The van der Waals surface area contributed by atoms with Crippen molar-refractivity contribution in [2.75, 3.05) is 0 Å². The lowest BCUT2D eigenvalue weighted by Gasteiger charge is -2.10. The molecule has 0 amide bonds. The van der Waals surface area contributed by atoms with Gasteiger partial charge in [-0.1, -0.05) is 13.8 Å². The van der Waals surface area contributed by atoms with Crippen LogP contribution in [0.2, 0.25) is 0 Å². The predicted octanol–water partition coefficient (Wildman–Crippen LogP) is 3.07. The highest BCUT2D eigenvalue weighted by Crippen LogP contribution is 2.41. The number of carbonyl (C=O) groups is 1. The number of hydrogen-bond donors (Lipinski definition) is 1. The van der Waals surface area contributed by atoms with E-state index in [0.717, 1.165) is 5.76 Å². The van der Waals surface area contributed by atoms with Crippen LogP contribution in [0.25, 0.3) is 5.70 Å². The molecule has 0 bridgehead atoms. The Kier molecular flexibility index (Phi) is 3.09. The Bertz CT molecular complexity index is 464. The summed E-state index contributed by atoms with van der Waals surface area (Å²) in [5, 5.41) is 0. The molecule has 0 spiro atoms. The minimum Gasteiger partial charge on any atom is -0.459 e. The second-order valence-corrected chi connectivity index (χ2v) is 5.01. The molecule has 1 heterocycles. The Morgan fingerprint density at radius 1 is 1.41 bits per heavy atom. The van der Waals surface area contributed by atoms with Crippen LogP contribution < -0.4 is 5.73 Å². The Morgan fingerprint density at radius 2 is 2.06 bits per heavy atom. The Morgan fingerprint density at radius 3 is 2.53 bits per heavy atom. The molecule has 0 radical (unpaired) electrons. The molecule has 17 heavy (non-hydrogen) atoms. The molecule has 0 atom stereocenters. The third kappa shape index (κ3) is 2.43. The maximum absolute atomic E-state index is 11.6. The van der Waals surface area contributed by atoms with Crippen LogP contribution in [0.1, 0.15) is 51.1 Å². The van der Waals surface area contributed by atoms with Crippen LogP contribution in [0.3, 0.4) is 0 Å². The quantitative estimate of drug-likeness (QED) is 0.813. The highest BCUT2D eigenvalue weighted by Gasteiger charge is 2.27. The van der Waals surface area contributed by atoms with E-state index in [1.165, 1.54) is 12.8 Å². The SMILES string of the molecule is CC(=O)/C(=C(\N)c1ccc(C2CC2)o1)C(C)C. The van der Waals surface area contributed by atoms with Crippen LogP contribution in [0.15, 0.2) is 22.1 Å². The van der Waals surface area contributed by atoms with E-state index in [2.05, 4.69) is 0 Å². The first kappa shape index (κ1) is 12.0. The number of hydrogen-bond acceptors (Lipinski definition) is 3. The summed E-state index contributed by atoms with van der Waals surface area (Å²) in [4.78, 5) is 11.6. The van der Waals surface area contributed by atoms with Gasteiger partial charge in [0, 0.05) is 11.5 Å². The summed E-state index contributed by atoms with van der Waals surface area (Å²) in [5.74, 6) is 2.32. The molecule has 0 aromatic carbocycles. The number of ketones is 1. The first-order valence-corrected chi connectivity index (χ1v) is 6.11. The fourth-order valence-electron chi connectivity index (χ4n) is 2.12.